The fraction of sp³-hybridized carbons (Fsp3) is 0.741. The number of anilines is 1. The van der Waals surface area contributed by atoms with Crippen LogP contribution in [0.2, 0.25) is 5.02 Å². The van der Waals surface area contributed by atoms with Crippen molar-refractivity contribution >= 4 is 35.0 Å². The second kappa shape index (κ2) is 9.71. The molecular formula is C27H39ClN2O4S. The molecule has 5 rings (SSSR count). The Hall–Kier alpha value is -0.990. The summed E-state index contributed by atoms with van der Waals surface area (Å²) in [7, 11) is 1.73. The van der Waals surface area contributed by atoms with Crippen LogP contribution >= 0.6 is 23.4 Å². The van der Waals surface area contributed by atoms with Gasteiger partial charge in [0, 0.05) is 26.2 Å². The molecule has 0 bridgehead atoms. The molecule has 1 spiro atoms. The molecule has 0 aromatic heterocycles. The third-order valence-corrected chi connectivity index (χ3v) is 10.5. The second-order valence-corrected chi connectivity index (χ2v) is 12.4. The first-order valence-corrected chi connectivity index (χ1v) is 14.9. The number of hydrogen-bond acceptors (Lipinski definition) is 6. The van der Waals surface area contributed by atoms with Gasteiger partial charge in [0.15, 0.2) is 5.54 Å². The quantitative estimate of drug-likeness (QED) is 0.470. The number of aliphatic carboxylic acids is 1. The molecule has 6 nitrogen and oxygen atoms in total. The number of benzene rings is 1. The molecule has 2 aliphatic carbocycles. The highest BCUT2D eigenvalue weighted by Crippen LogP contribution is 2.63. The number of carboxylic acid groups (broad SMARTS) is 1. The van der Waals surface area contributed by atoms with Crippen molar-refractivity contribution in [2.24, 2.45) is 0 Å². The van der Waals surface area contributed by atoms with Gasteiger partial charge in [0.2, 0.25) is 0 Å². The van der Waals surface area contributed by atoms with Gasteiger partial charge < -0.3 is 24.7 Å². The summed E-state index contributed by atoms with van der Waals surface area (Å²) in [6.45, 7) is 1.90. The Morgan fingerprint density at radius 1 is 1.17 bits per heavy atom. The van der Waals surface area contributed by atoms with Crippen LogP contribution in [0.25, 0.3) is 0 Å². The first kappa shape index (κ1) is 25.7. The summed E-state index contributed by atoms with van der Waals surface area (Å²) in [6, 6.07) is 6.48. The van der Waals surface area contributed by atoms with Crippen molar-refractivity contribution in [1.29, 1.82) is 0 Å². The molecular weight excluding hydrogens is 484 g/mol. The van der Waals surface area contributed by atoms with E-state index < -0.39 is 22.6 Å². The number of hydrogen-bond donors (Lipinski definition) is 2. The van der Waals surface area contributed by atoms with Crippen molar-refractivity contribution in [1.82, 2.24) is 4.90 Å². The third kappa shape index (κ3) is 4.10. The lowest BCUT2D eigenvalue weighted by Crippen LogP contribution is -2.49. The Kier molecular flexibility index (Phi) is 7.12. The van der Waals surface area contributed by atoms with E-state index in [9.17, 15) is 15.0 Å². The Morgan fingerprint density at radius 3 is 2.37 bits per heavy atom. The number of piperidine rings is 1. The maximum Gasteiger partial charge on any atom is 0.332 e. The summed E-state index contributed by atoms with van der Waals surface area (Å²) in [5.74, 6) is 0.0628. The second-order valence-electron chi connectivity index (χ2n) is 11.0. The topological polar surface area (TPSA) is 73.0 Å². The van der Waals surface area contributed by atoms with Crippen LogP contribution in [-0.2, 0) is 15.1 Å². The number of carboxylic acids is 1. The lowest BCUT2D eigenvalue weighted by molar-refractivity contribution is -0.140. The molecule has 0 unspecified atom stereocenters. The van der Waals surface area contributed by atoms with Crippen LogP contribution in [0.5, 0.6) is 0 Å². The number of methoxy groups -OCH3 is 1. The molecule has 1 aromatic carbocycles. The minimum Gasteiger partial charge on any atom is -0.479 e. The molecule has 35 heavy (non-hydrogen) atoms. The predicted molar refractivity (Wildman–Crippen MR) is 142 cm³/mol. The van der Waals surface area contributed by atoms with Crippen LogP contribution in [0.3, 0.4) is 0 Å². The van der Waals surface area contributed by atoms with E-state index in [1.165, 1.54) is 19.3 Å². The van der Waals surface area contributed by atoms with Gasteiger partial charge in [-0.2, -0.15) is 11.8 Å². The molecule has 4 fully saturated rings. The van der Waals surface area contributed by atoms with E-state index in [0.29, 0.717) is 30.3 Å². The zero-order valence-electron chi connectivity index (χ0n) is 21.0. The van der Waals surface area contributed by atoms with Gasteiger partial charge in [-0.3, -0.25) is 0 Å². The van der Waals surface area contributed by atoms with Crippen LogP contribution in [-0.4, -0.2) is 76.5 Å². The monoisotopic (exact) mass is 522 g/mol. The van der Waals surface area contributed by atoms with Crippen molar-refractivity contribution in [2.75, 3.05) is 37.1 Å². The first-order chi connectivity index (χ1) is 16.8. The third-order valence-electron chi connectivity index (χ3n) is 9.59. The van der Waals surface area contributed by atoms with E-state index in [0.717, 1.165) is 55.8 Å². The van der Waals surface area contributed by atoms with Gasteiger partial charge >= 0.3 is 5.97 Å². The van der Waals surface area contributed by atoms with Gasteiger partial charge in [0.05, 0.1) is 28.0 Å². The number of thioether (sulfide) groups is 1. The normalized spacial score (nSPS) is 33.0. The molecule has 2 saturated carbocycles. The minimum absolute atomic E-state index is 0.195. The highest BCUT2D eigenvalue weighted by molar-refractivity contribution is 7.98. The number of nitrogens with zero attached hydrogens (tertiary/aromatic N) is 2. The minimum atomic E-state index is -0.916. The average Bonchev–Trinajstić information content (AvgIpc) is 3.39. The molecule has 1 aromatic rings. The molecule has 0 radical (unpaired) electrons. The van der Waals surface area contributed by atoms with E-state index in [1.807, 2.05) is 24.5 Å². The van der Waals surface area contributed by atoms with Crippen LogP contribution in [0.4, 0.5) is 5.69 Å². The molecule has 1 atom stereocenters. The van der Waals surface area contributed by atoms with Crippen LogP contribution < -0.4 is 4.90 Å². The molecule has 194 valence electrons. The molecule has 2 heterocycles. The lowest BCUT2D eigenvalue weighted by atomic mass is 9.78. The van der Waals surface area contributed by atoms with Crippen molar-refractivity contribution in [3.63, 3.8) is 0 Å². The smallest absolute Gasteiger partial charge is 0.332 e. The summed E-state index contributed by atoms with van der Waals surface area (Å²) >= 11 is 8.59. The maximum absolute atomic E-state index is 12.9. The Balaban J connectivity index is 1.43. The van der Waals surface area contributed by atoms with E-state index in [1.54, 1.807) is 18.9 Å². The zero-order valence-corrected chi connectivity index (χ0v) is 22.5. The van der Waals surface area contributed by atoms with Gasteiger partial charge in [0.25, 0.3) is 0 Å². The molecule has 0 amide bonds. The number of rotatable bonds is 8. The van der Waals surface area contributed by atoms with Gasteiger partial charge in [-0.1, -0.05) is 24.1 Å². The summed E-state index contributed by atoms with van der Waals surface area (Å²) in [4.78, 5) is 17.6. The van der Waals surface area contributed by atoms with Crippen molar-refractivity contribution in [3.05, 3.63) is 28.8 Å². The van der Waals surface area contributed by atoms with Gasteiger partial charge in [-0.25, -0.2) is 4.79 Å². The fourth-order valence-corrected chi connectivity index (χ4v) is 7.92. The first-order valence-electron chi connectivity index (χ1n) is 13.1. The van der Waals surface area contributed by atoms with Crippen LogP contribution in [0.1, 0.15) is 69.8 Å². The predicted octanol–water partition coefficient (Wildman–Crippen LogP) is 4.90. The highest BCUT2D eigenvalue weighted by atomic mass is 35.5. The molecule has 2 N–H and O–H groups in total. The van der Waals surface area contributed by atoms with Crippen molar-refractivity contribution in [3.8, 4) is 0 Å². The zero-order chi connectivity index (χ0) is 24.8. The number of likely N-dealkylation sites (tertiary alicyclic amines) is 1. The van der Waals surface area contributed by atoms with Crippen molar-refractivity contribution in [2.45, 2.75) is 93.0 Å². The van der Waals surface area contributed by atoms with E-state index in [-0.39, 0.29) is 6.10 Å². The Labute approximate surface area is 218 Å². The number of halogens is 1. The Morgan fingerprint density at radius 2 is 1.86 bits per heavy atom. The molecule has 4 aliphatic rings. The summed E-state index contributed by atoms with van der Waals surface area (Å²) in [5.41, 5.74) is -0.607. The highest BCUT2D eigenvalue weighted by Gasteiger charge is 2.79. The molecule has 2 saturated heterocycles. The molecule has 2 aliphatic heterocycles. The Bertz CT molecular complexity index is 941. The van der Waals surface area contributed by atoms with Crippen LogP contribution in [0, 0.1) is 0 Å². The van der Waals surface area contributed by atoms with Crippen LogP contribution in [0.15, 0.2) is 18.2 Å². The summed E-state index contributed by atoms with van der Waals surface area (Å²) < 4.78 is 5.47. The van der Waals surface area contributed by atoms with E-state index >= 15 is 0 Å². The number of ether oxygens (including phenoxy) is 1. The fourth-order valence-electron chi connectivity index (χ4n) is 7.16. The van der Waals surface area contributed by atoms with Gasteiger partial charge in [-0.05, 0) is 87.5 Å². The number of carbonyl (C=O) groups is 1. The standard InChI is InChI=1S/C27H39ClN2O4S/c1-34-21-8-10-25(33,11-9-21)19-6-7-23(22(28)18-19)30-26(27(30,24(31)32)14-17-35-2)12-15-29(16-13-26)20-4-3-5-20/h6-7,18,20-21,33H,3-5,8-17H2,1-2H3,(H,31,32)/t21?,25?,27-,30?/m0/s1. The summed E-state index contributed by atoms with van der Waals surface area (Å²) in [5, 5.41) is 22.5. The largest absolute Gasteiger partial charge is 0.479 e. The van der Waals surface area contributed by atoms with Gasteiger partial charge in [-0.15, -0.1) is 0 Å². The average molecular weight is 523 g/mol. The molecule has 8 heteroatoms. The lowest BCUT2D eigenvalue weighted by Gasteiger charge is -2.42. The van der Waals surface area contributed by atoms with Crippen molar-refractivity contribution < 1.29 is 19.7 Å². The maximum atomic E-state index is 12.9. The summed E-state index contributed by atoms with van der Waals surface area (Å²) in [6.07, 6.45) is 11.3. The SMILES string of the molecule is COC1CCC(O)(c2ccc(N3C4(CCN(C5CCC5)CC4)[C@]3(CCSC)C(=O)O)c(Cl)c2)CC1. The van der Waals surface area contributed by atoms with Gasteiger partial charge in [0.1, 0.15) is 0 Å². The van der Waals surface area contributed by atoms with E-state index in [4.69, 9.17) is 16.3 Å². The number of aliphatic hydroxyl groups is 1. The van der Waals surface area contributed by atoms with E-state index in [2.05, 4.69) is 9.80 Å².